The van der Waals surface area contributed by atoms with Gasteiger partial charge in [-0.25, -0.2) is 9.97 Å². The number of aryl methyl sites for hydroxylation is 2. The highest BCUT2D eigenvalue weighted by atomic mass is 14.9. The molecule has 3 nitrogen and oxygen atoms in total. The van der Waals surface area contributed by atoms with Gasteiger partial charge in [0.2, 0.25) is 0 Å². The lowest BCUT2D eigenvalue weighted by atomic mass is 10.0. The Kier molecular flexibility index (Phi) is 3.67. The Hall–Kier alpha value is -2.26. The molecule has 3 rings (SSSR count). The average molecular weight is 277 g/mol. The second-order valence-electron chi connectivity index (χ2n) is 5.26. The van der Waals surface area contributed by atoms with E-state index in [0.29, 0.717) is 6.54 Å². The number of nitrogens with zero attached hydrogens (tertiary/aromatic N) is 2. The minimum Gasteiger partial charge on any atom is -0.330 e. The zero-order chi connectivity index (χ0) is 14.8. The van der Waals surface area contributed by atoms with Crippen LogP contribution in [-0.4, -0.2) is 16.5 Å². The molecule has 1 aromatic heterocycles. The van der Waals surface area contributed by atoms with E-state index in [-0.39, 0.29) is 0 Å². The summed E-state index contributed by atoms with van der Waals surface area (Å²) >= 11 is 0. The summed E-state index contributed by atoms with van der Waals surface area (Å²) in [7, 11) is 0. The van der Waals surface area contributed by atoms with Gasteiger partial charge in [0.05, 0.1) is 0 Å². The lowest BCUT2D eigenvalue weighted by Crippen LogP contribution is -2.09. The Morgan fingerprint density at radius 3 is 2.29 bits per heavy atom. The van der Waals surface area contributed by atoms with Crippen molar-refractivity contribution < 1.29 is 0 Å². The Bertz CT molecular complexity index is 765. The van der Waals surface area contributed by atoms with Crippen LogP contribution in [0.4, 0.5) is 0 Å². The SMILES string of the molecule is Cc1nc(-c2cccc3ccccc23)nc(C)c1CCN. The molecule has 2 N–H and O–H groups in total. The fourth-order valence-electron chi connectivity index (χ4n) is 2.79. The summed E-state index contributed by atoms with van der Waals surface area (Å²) in [5.41, 5.74) is 9.96. The van der Waals surface area contributed by atoms with Crippen molar-refractivity contribution in [2.24, 2.45) is 5.73 Å². The molecule has 0 fully saturated rings. The molecule has 1 heterocycles. The first-order chi connectivity index (χ1) is 10.2. The zero-order valence-electron chi connectivity index (χ0n) is 12.4. The standard InChI is InChI=1S/C18H19N3/c1-12-15(10-11-19)13(2)21-18(20-12)17-9-5-7-14-6-3-4-8-16(14)17/h3-9H,10-11,19H2,1-2H3. The van der Waals surface area contributed by atoms with Gasteiger partial charge >= 0.3 is 0 Å². The highest BCUT2D eigenvalue weighted by Gasteiger charge is 2.11. The molecule has 0 saturated heterocycles. The quantitative estimate of drug-likeness (QED) is 0.798. The average Bonchev–Trinajstić information content (AvgIpc) is 2.50. The second kappa shape index (κ2) is 5.62. The van der Waals surface area contributed by atoms with Gasteiger partial charge in [-0.05, 0) is 43.1 Å². The Labute approximate surface area is 124 Å². The highest BCUT2D eigenvalue weighted by Crippen LogP contribution is 2.27. The van der Waals surface area contributed by atoms with E-state index in [4.69, 9.17) is 15.7 Å². The molecule has 0 unspecified atom stereocenters. The van der Waals surface area contributed by atoms with Gasteiger partial charge in [-0.3, -0.25) is 0 Å². The largest absolute Gasteiger partial charge is 0.330 e. The molecule has 106 valence electrons. The van der Waals surface area contributed by atoms with Crippen LogP contribution in [0.2, 0.25) is 0 Å². The summed E-state index contributed by atoms with van der Waals surface area (Å²) in [6, 6.07) is 14.6. The molecule has 21 heavy (non-hydrogen) atoms. The van der Waals surface area contributed by atoms with Crippen molar-refractivity contribution in [3.63, 3.8) is 0 Å². The molecule has 0 atom stereocenters. The lowest BCUT2D eigenvalue weighted by molar-refractivity contribution is 0.899. The van der Waals surface area contributed by atoms with Crippen molar-refractivity contribution in [2.45, 2.75) is 20.3 Å². The van der Waals surface area contributed by atoms with Gasteiger partial charge in [0.1, 0.15) is 0 Å². The predicted octanol–water partition coefficient (Wildman–Crippen LogP) is 3.41. The number of nitrogens with two attached hydrogens (primary N) is 1. The number of hydrogen-bond donors (Lipinski definition) is 1. The molecule has 3 heteroatoms. The molecule has 0 bridgehead atoms. The van der Waals surface area contributed by atoms with Gasteiger partial charge in [0.25, 0.3) is 0 Å². The van der Waals surface area contributed by atoms with E-state index in [1.165, 1.54) is 16.3 Å². The maximum Gasteiger partial charge on any atom is 0.160 e. The summed E-state index contributed by atoms with van der Waals surface area (Å²) in [6.07, 6.45) is 0.827. The van der Waals surface area contributed by atoms with Gasteiger partial charge in [0.15, 0.2) is 5.82 Å². The zero-order valence-corrected chi connectivity index (χ0v) is 12.4. The number of aromatic nitrogens is 2. The highest BCUT2D eigenvalue weighted by molar-refractivity contribution is 5.95. The van der Waals surface area contributed by atoms with Crippen molar-refractivity contribution in [3.8, 4) is 11.4 Å². The van der Waals surface area contributed by atoms with Crippen molar-refractivity contribution in [2.75, 3.05) is 6.54 Å². The topological polar surface area (TPSA) is 51.8 Å². The van der Waals surface area contributed by atoms with Crippen LogP contribution in [0.3, 0.4) is 0 Å². The molecule has 0 spiro atoms. The van der Waals surface area contributed by atoms with Gasteiger partial charge in [0, 0.05) is 17.0 Å². The molecule has 0 amide bonds. The van der Waals surface area contributed by atoms with E-state index in [2.05, 4.69) is 30.3 Å². The lowest BCUT2D eigenvalue weighted by Gasteiger charge is -2.11. The van der Waals surface area contributed by atoms with Crippen LogP contribution in [-0.2, 0) is 6.42 Å². The van der Waals surface area contributed by atoms with Crippen LogP contribution < -0.4 is 5.73 Å². The second-order valence-corrected chi connectivity index (χ2v) is 5.26. The molecular weight excluding hydrogens is 258 g/mol. The van der Waals surface area contributed by atoms with Crippen molar-refractivity contribution >= 4 is 10.8 Å². The molecule has 0 saturated carbocycles. The third-order valence-electron chi connectivity index (χ3n) is 3.85. The summed E-state index contributed by atoms with van der Waals surface area (Å²) in [5.74, 6) is 0.794. The maximum atomic E-state index is 5.67. The number of fused-ring (bicyclic) bond motifs is 1. The summed E-state index contributed by atoms with van der Waals surface area (Å²) < 4.78 is 0. The van der Waals surface area contributed by atoms with Crippen LogP contribution in [0.25, 0.3) is 22.2 Å². The molecule has 0 radical (unpaired) electrons. The van der Waals surface area contributed by atoms with Crippen LogP contribution in [0.15, 0.2) is 42.5 Å². The van der Waals surface area contributed by atoms with Crippen molar-refractivity contribution in [1.82, 2.24) is 9.97 Å². The van der Waals surface area contributed by atoms with Crippen molar-refractivity contribution in [3.05, 3.63) is 59.4 Å². The number of hydrogen-bond acceptors (Lipinski definition) is 3. The fourth-order valence-corrected chi connectivity index (χ4v) is 2.79. The van der Waals surface area contributed by atoms with Gasteiger partial charge in [-0.1, -0.05) is 42.5 Å². The number of rotatable bonds is 3. The molecular formula is C18H19N3. The summed E-state index contributed by atoms with van der Waals surface area (Å²) in [6.45, 7) is 4.70. The smallest absolute Gasteiger partial charge is 0.160 e. The van der Waals surface area contributed by atoms with E-state index >= 15 is 0 Å². The van der Waals surface area contributed by atoms with Crippen LogP contribution in [0, 0.1) is 13.8 Å². The van der Waals surface area contributed by atoms with E-state index in [1.807, 2.05) is 26.0 Å². The van der Waals surface area contributed by atoms with Crippen LogP contribution >= 0.6 is 0 Å². The van der Waals surface area contributed by atoms with E-state index < -0.39 is 0 Å². The summed E-state index contributed by atoms with van der Waals surface area (Å²) in [4.78, 5) is 9.41. The Morgan fingerprint density at radius 2 is 1.57 bits per heavy atom. The van der Waals surface area contributed by atoms with Gasteiger partial charge in [-0.15, -0.1) is 0 Å². The molecule has 0 aliphatic rings. The van der Waals surface area contributed by atoms with E-state index in [9.17, 15) is 0 Å². The molecule has 2 aromatic carbocycles. The first kappa shape index (κ1) is 13.7. The third kappa shape index (κ3) is 2.52. The maximum absolute atomic E-state index is 5.67. The number of benzene rings is 2. The Morgan fingerprint density at radius 1 is 0.905 bits per heavy atom. The monoisotopic (exact) mass is 277 g/mol. The Balaban J connectivity index is 2.20. The first-order valence-electron chi connectivity index (χ1n) is 7.23. The van der Waals surface area contributed by atoms with Crippen LogP contribution in [0.1, 0.15) is 17.0 Å². The normalized spacial score (nSPS) is 11.0. The molecule has 0 aliphatic heterocycles. The predicted molar refractivity (Wildman–Crippen MR) is 87.2 cm³/mol. The van der Waals surface area contributed by atoms with E-state index in [0.717, 1.165) is 29.2 Å². The van der Waals surface area contributed by atoms with Gasteiger partial charge in [-0.2, -0.15) is 0 Å². The van der Waals surface area contributed by atoms with Crippen LogP contribution in [0.5, 0.6) is 0 Å². The fraction of sp³-hybridized carbons (Fsp3) is 0.222. The first-order valence-corrected chi connectivity index (χ1v) is 7.23. The molecule has 3 aromatic rings. The van der Waals surface area contributed by atoms with E-state index in [1.54, 1.807) is 0 Å². The minimum absolute atomic E-state index is 0.624. The third-order valence-corrected chi connectivity index (χ3v) is 3.85. The minimum atomic E-state index is 0.624. The summed E-state index contributed by atoms with van der Waals surface area (Å²) in [5, 5.41) is 2.39. The molecule has 0 aliphatic carbocycles. The van der Waals surface area contributed by atoms with Gasteiger partial charge < -0.3 is 5.73 Å². The van der Waals surface area contributed by atoms with Crippen molar-refractivity contribution in [1.29, 1.82) is 0 Å².